The zero-order valence-corrected chi connectivity index (χ0v) is 13.3. The molecule has 2 rings (SSSR count). The van der Waals surface area contributed by atoms with Crippen LogP contribution in [0.4, 0.5) is 10.5 Å². The molecule has 0 unspecified atom stereocenters. The lowest BCUT2D eigenvalue weighted by Gasteiger charge is -2.13. The second kappa shape index (κ2) is 9.43. The van der Waals surface area contributed by atoms with Crippen molar-refractivity contribution in [1.82, 2.24) is 5.32 Å². The monoisotopic (exact) mass is 306 g/mol. The maximum Gasteiger partial charge on any atom is 0.319 e. The fraction of sp³-hybridized carbons (Fsp3) is 0.588. The highest BCUT2D eigenvalue weighted by molar-refractivity contribution is 5.89. The first-order chi connectivity index (χ1) is 10.8. The molecule has 1 aliphatic rings. The van der Waals surface area contributed by atoms with E-state index in [0.717, 1.165) is 24.1 Å². The molecule has 1 aromatic rings. The number of carbonyl (C=O) groups excluding carboxylic acids is 1. The Balaban J connectivity index is 1.74. The molecule has 22 heavy (non-hydrogen) atoms. The number of rotatable bonds is 8. The Morgan fingerprint density at radius 1 is 1.23 bits per heavy atom. The van der Waals surface area contributed by atoms with Crippen molar-refractivity contribution >= 4 is 11.7 Å². The van der Waals surface area contributed by atoms with Crippen molar-refractivity contribution < 1.29 is 14.3 Å². The van der Waals surface area contributed by atoms with Crippen LogP contribution in [0.25, 0.3) is 0 Å². The lowest BCUT2D eigenvalue weighted by Crippen LogP contribution is -2.36. The average molecular weight is 306 g/mol. The van der Waals surface area contributed by atoms with Gasteiger partial charge in [-0.25, -0.2) is 4.79 Å². The van der Waals surface area contributed by atoms with E-state index in [4.69, 9.17) is 9.47 Å². The maximum atomic E-state index is 11.9. The average Bonchev–Trinajstić information content (AvgIpc) is 3.00. The summed E-state index contributed by atoms with van der Waals surface area (Å²) in [6.07, 6.45) is 4.58. The van der Waals surface area contributed by atoms with Crippen LogP contribution in [-0.4, -0.2) is 31.9 Å². The van der Waals surface area contributed by atoms with Gasteiger partial charge >= 0.3 is 6.03 Å². The minimum atomic E-state index is -0.124. The molecule has 0 radical (unpaired) electrons. The molecule has 2 N–H and O–H groups in total. The summed E-state index contributed by atoms with van der Waals surface area (Å²) in [6.45, 7) is 4.38. The van der Waals surface area contributed by atoms with E-state index in [0.29, 0.717) is 32.5 Å². The Hall–Kier alpha value is -1.59. The number of urea groups is 1. The van der Waals surface area contributed by atoms with Crippen LogP contribution in [0.5, 0.6) is 0 Å². The second-order valence-corrected chi connectivity index (χ2v) is 5.53. The molecule has 2 amide bonds. The summed E-state index contributed by atoms with van der Waals surface area (Å²) in [5.41, 5.74) is 1.83. The normalized spacial score (nSPS) is 15.0. The van der Waals surface area contributed by atoms with Crippen LogP contribution in [-0.2, 0) is 16.1 Å². The molecular weight excluding hydrogens is 280 g/mol. The number of hydrogen-bond acceptors (Lipinski definition) is 3. The Kier molecular flexibility index (Phi) is 7.19. The molecule has 1 aromatic carbocycles. The van der Waals surface area contributed by atoms with E-state index in [-0.39, 0.29) is 6.03 Å². The van der Waals surface area contributed by atoms with Crippen molar-refractivity contribution in [2.24, 2.45) is 0 Å². The molecule has 0 aliphatic heterocycles. The van der Waals surface area contributed by atoms with Crippen molar-refractivity contribution in [2.75, 3.05) is 25.1 Å². The number of amides is 2. The van der Waals surface area contributed by atoms with E-state index in [1.807, 2.05) is 31.2 Å². The Morgan fingerprint density at radius 2 is 2.00 bits per heavy atom. The van der Waals surface area contributed by atoms with Gasteiger partial charge in [0.25, 0.3) is 0 Å². The minimum absolute atomic E-state index is 0.124. The fourth-order valence-electron chi connectivity index (χ4n) is 2.61. The highest BCUT2D eigenvalue weighted by atomic mass is 16.5. The van der Waals surface area contributed by atoms with Crippen LogP contribution in [0.3, 0.4) is 0 Å². The molecular formula is C17H26N2O3. The van der Waals surface area contributed by atoms with Crippen LogP contribution >= 0.6 is 0 Å². The van der Waals surface area contributed by atoms with Gasteiger partial charge in [0, 0.05) is 18.3 Å². The molecule has 1 aliphatic carbocycles. The highest BCUT2D eigenvalue weighted by Crippen LogP contribution is 2.18. The minimum Gasteiger partial charge on any atom is -0.379 e. The van der Waals surface area contributed by atoms with E-state index < -0.39 is 0 Å². The first-order valence-electron chi connectivity index (χ1n) is 8.10. The summed E-state index contributed by atoms with van der Waals surface area (Å²) in [4.78, 5) is 11.9. The first-order valence-corrected chi connectivity index (χ1v) is 8.10. The van der Waals surface area contributed by atoms with E-state index in [2.05, 4.69) is 10.6 Å². The molecule has 0 spiro atoms. The maximum absolute atomic E-state index is 11.9. The molecule has 5 nitrogen and oxygen atoms in total. The number of benzene rings is 1. The van der Waals surface area contributed by atoms with Crippen LogP contribution in [0.2, 0.25) is 0 Å². The SMILES string of the molecule is CCOCCOCc1cccc(NC(=O)NC2CCCC2)c1. The highest BCUT2D eigenvalue weighted by Gasteiger charge is 2.16. The molecule has 0 aromatic heterocycles. The number of nitrogens with one attached hydrogen (secondary N) is 2. The van der Waals surface area contributed by atoms with Gasteiger partial charge in [-0.05, 0) is 37.5 Å². The molecule has 0 saturated heterocycles. The third-order valence-electron chi connectivity index (χ3n) is 3.72. The molecule has 122 valence electrons. The second-order valence-electron chi connectivity index (χ2n) is 5.53. The van der Waals surface area contributed by atoms with Crippen molar-refractivity contribution in [3.05, 3.63) is 29.8 Å². The van der Waals surface area contributed by atoms with Gasteiger partial charge in [-0.3, -0.25) is 0 Å². The summed E-state index contributed by atoms with van der Waals surface area (Å²) in [7, 11) is 0. The van der Waals surface area contributed by atoms with Gasteiger partial charge in [0.1, 0.15) is 0 Å². The van der Waals surface area contributed by atoms with Crippen LogP contribution in [0, 0.1) is 0 Å². The van der Waals surface area contributed by atoms with Crippen molar-refractivity contribution in [3.8, 4) is 0 Å². The van der Waals surface area contributed by atoms with Crippen molar-refractivity contribution in [3.63, 3.8) is 0 Å². The van der Waals surface area contributed by atoms with E-state index >= 15 is 0 Å². The molecule has 0 bridgehead atoms. The lowest BCUT2D eigenvalue weighted by molar-refractivity contribution is 0.0453. The molecule has 1 fully saturated rings. The smallest absolute Gasteiger partial charge is 0.319 e. The lowest BCUT2D eigenvalue weighted by atomic mass is 10.2. The Morgan fingerprint density at radius 3 is 2.77 bits per heavy atom. The number of carbonyl (C=O) groups is 1. The quantitative estimate of drug-likeness (QED) is 0.724. The predicted octanol–water partition coefficient (Wildman–Crippen LogP) is 3.30. The van der Waals surface area contributed by atoms with Gasteiger partial charge < -0.3 is 20.1 Å². The molecule has 0 heterocycles. The van der Waals surface area contributed by atoms with E-state index in [9.17, 15) is 4.79 Å². The first kappa shape index (κ1) is 16.8. The summed E-state index contributed by atoms with van der Waals surface area (Å²) in [6, 6.07) is 7.94. The van der Waals surface area contributed by atoms with Gasteiger partial charge in [0.05, 0.1) is 19.8 Å². The van der Waals surface area contributed by atoms with Crippen molar-refractivity contribution in [2.45, 2.75) is 45.3 Å². The zero-order valence-electron chi connectivity index (χ0n) is 13.3. The summed E-state index contributed by atoms with van der Waals surface area (Å²) in [5.74, 6) is 0. The van der Waals surface area contributed by atoms with Gasteiger partial charge in [-0.15, -0.1) is 0 Å². The summed E-state index contributed by atoms with van der Waals surface area (Å²) in [5, 5.41) is 5.90. The van der Waals surface area contributed by atoms with E-state index in [1.54, 1.807) is 0 Å². The van der Waals surface area contributed by atoms with E-state index in [1.165, 1.54) is 12.8 Å². The third kappa shape index (κ3) is 6.03. The predicted molar refractivity (Wildman–Crippen MR) is 87.0 cm³/mol. The van der Waals surface area contributed by atoms with Gasteiger partial charge in [0.15, 0.2) is 0 Å². The van der Waals surface area contributed by atoms with Gasteiger partial charge in [-0.1, -0.05) is 25.0 Å². The molecule has 0 atom stereocenters. The van der Waals surface area contributed by atoms with Gasteiger partial charge in [-0.2, -0.15) is 0 Å². The zero-order chi connectivity index (χ0) is 15.6. The van der Waals surface area contributed by atoms with Gasteiger partial charge in [0.2, 0.25) is 0 Å². The standard InChI is InChI=1S/C17H26N2O3/c1-2-21-10-11-22-13-14-6-5-9-16(12-14)19-17(20)18-15-7-3-4-8-15/h5-6,9,12,15H,2-4,7-8,10-11,13H2,1H3,(H2,18,19,20). The Bertz CT molecular complexity index is 459. The number of anilines is 1. The topological polar surface area (TPSA) is 59.6 Å². The van der Waals surface area contributed by atoms with Crippen LogP contribution < -0.4 is 10.6 Å². The van der Waals surface area contributed by atoms with Crippen molar-refractivity contribution in [1.29, 1.82) is 0 Å². The third-order valence-corrected chi connectivity index (χ3v) is 3.72. The Labute approximate surface area is 132 Å². The number of ether oxygens (including phenoxy) is 2. The number of hydrogen-bond donors (Lipinski definition) is 2. The largest absolute Gasteiger partial charge is 0.379 e. The van der Waals surface area contributed by atoms with Crippen LogP contribution in [0.1, 0.15) is 38.2 Å². The van der Waals surface area contributed by atoms with Crippen LogP contribution in [0.15, 0.2) is 24.3 Å². The fourth-order valence-corrected chi connectivity index (χ4v) is 2.61. The molecule has 5 heteroatoms. The summed E-state index contributed by atoms with van der Waals surface area (Å²) >= 11 is 0. The summed E-state index contributed by atoms with van der Waals surface area (Å²) < 4.78 is 10.8. The molecule has 1 saturated carbocycles.